The van der Waals surface area contributed by atoms with Crippen molar-refractivity contribution in [2.24, 2.45) is 31.9 Å². The van der Waals surface area contributed by atoms with Gasteiger partial charge in [-0.3, -0.25) is 24.3 Å². The van der Waals surface area contributed by atoms with Crippen molar-refractivity contribution in [3.8, 4) is 0 Å². The van der Waals surface area contributed by atoms with E-state index in [0.717, 1.165) is 37.5 Å². The predicted molar refractivity (Wildman–Crippen MR) is 287 cm³/mol. The Hall–Kier alpha value is 8.90. The van der Waals surface area contributed by atoms with E-state index in [-0.39, 0.29) is 77.1 Å². The number of guanidine groups is 2. The molecule has 0 aliphatic carbocycles. The van der Waals surface area contributed by atoms with Crippen molar-refractivity contribution in [1.29, 1.82) is 0 Å². The van der Waals surface area contributed by atoms with Crippen LogP contribution in [0.4, 0.5) is 9.59 Å². The second-order valence-electron chi connectivity index (χ2n) is 14.6. The van der Waals surface area contributed by atoms with Crippen LogP contribution in [0, 0.1) is 11.8 Å². The van der Waals surface area contributed by atoms with E-state index < -0.39 is 28.6 Å². The van der Waals surface area contributed by atoms with Crippen LogP contribution in [-0.4, -0.2) is 296 Å². The quantitative estimate of drug-likeness (QED) is 0.0916. The molecule has 0 saturated heterocycles. The number of carbonyl (C=O) groups is 3. The van der Waals surface area contributed by atoms with Crippen LogP contribution in [0.25, 0.3) is 10.4 Å². The topological polar surface area (TPSA) is 168 Å². The van der Waals surface area contributed by atoms with Gasteiger partial charge in [-0.25, -0.2) is 9.98 Å². The molecule has 27 heteroatoms. The maximum atomic E-state index is 12.8. The number of carbonyl (C=O) groups excluding carboxylic acids is 3. The van der Waals surface area contributed by atoms with Crippen molar-refractivity contribution in [1.82, 2.24) is 20.4 Å². The number of amidine groups is 1. The van der Waals surface area contributed by atoms with Crippen LogP contribution in [0.15, 0.2) is 51.9 Å². The molecule has 3 amide bonds. The summed E-state index contributed by atoms with van der Waals surface area (Å²) >= 11 is 17.5. The molecule has 3 aliphatic heterocycles. The third-order valence-corrected chi connectivity index (χ3v) is 17.0. The summed E-state index contributed by atoms with van der Waals surface area (Å²) in [6.45, 7) is 11.8. The van der Waals surface area contributed by atoms with E-state index in [0.29, 0.717) is 20.3 Å². The molecule has 1 unspecified atom stereocenters. The minimum atomic E-state index is -0.900. The fraction of sp³-hybridized carbons (Fsp3) is 0.632. The van der Waals surface area contributed by atoms with E-state index in [1.165, 1.54) is 251 Å². The van der Waals surface area contributed by atoms with Crippen LogP contribution in [0.3, 0.4) is 0 Å². The Balaban J connectivity index is -0.000000869. The first-order valence-corrected chi connectivity index (χ1v) is 75.9. The Morgan fingerprint density at radius 1 is 0.877 bits per heavy atom. The molecule has 4 radical (unpaired) electrons. The summed E-state index contributed by atoms with van der Waals surface area (Å²) in [7, 11) is 14.2. The number of fused-ring (bicyclic) bond motifs is 1. The molecule has 5 heterocycles. The number of rotatable bonds is 14. The molecule has 0 bridgehead atoms. The van der Waals surface area contributed by atoms with Gasteiger partial charge >= 0.3 is 241 Å². The molecular formula is C38H56B2Br2K7N10O3PS2. The Morgan fingerprint density at radius 2 is 1.31 bits per heavy atom. The molecule has 0 saturated carbocycles. The zero-order chi connectivity index (χ0) is 49.0. The number of unbranched alkanes of at least 4 members (excludes halogenated alkanes) is 3. The molecule has 3 aliphatic rings. The van der Waals surface area contributed by atoms with Gasteiger partial charge in [-0.1, -0.05) is 45.1 Å². The van der Waals surface area contributed by atoms with Crippen molar-refractivity contribution in [3.63, 3.8) is 0 Å². The minimum absolute atomic E-state index is 0. The molecule has 0 spiro atoms. The number of nitrogens with one attached hydrogen (secondary N) is 2. The second-order valence-corrected chi connectivity index (χ2v) is 21.0. The van der Waals surface area contributed by atoms with Crippen molar-refractivity contribution in [3.05, 3.63) is 52.0 Å². The number of hydrogen-bond acceptors (Lipinski definition) is 10. The van der Waals surface area contributed by atoms with Gasteiger partial charge in [0.2, 0.25) is 33.5 Å². The van der Waals surface area contributed by atoms with Gasteiger partial charge in [0, 0.05) is 67.5 Å². The second kappa shape index (κ2) is 44.6. The van der Waals surface area contributed by atoms with E-state index in [4.69, 9.17) is 26.2 Å². The van der Waals surface area contributed by atoms with Crippen LogP contribution < -0.4 is 62.0 Å². The average molecular weight is 1250 g/mol. The summed E-state index contributed by atoms with van der Waals surface area (Å²) in [5.41, 5.74) is 7.14. The van der Waals surface area contributed by atoms with Crippen LogP contribution in [0.2, 0.25) is 0 Å². The van der Waals surface area contributed by atoms with Gasteiger partial charge in [-0.15, -0.1) is 30.6 Å². The Morgan fingerprint density at radius 3 is 1.71 bits per heavy atom. The van der Waals surface area contributed by atoms with Crippen LogP contribution in [-0.2, 0) is 15.9 Å². The van der Waals surface area contributed by atoms with E-state index >= 15 is 0 Å². The Labute approximate surface area is 597 Å². The molecule has 0 aromatic carbocycles. The van der Waals surface area contributed by atoms with Gasteiger partial charge in [0.05, 0.1) is 5.92 Å². The third kappa shape index (κ3) is 27.3. The Kier molecular flexibility index (Phi) is 52.2. The number of thiophene rings is 2. The molecular weight excluding hydrogens is 1190 g/mol. The van der Waals surface area contributed by atoms with Gasteiger partial charge in [-0.2, -0.15) is 0 Å². The summed E-state index contributed by atoms with van der Waals surface area (Å²) < 4.78 is 1.92. The van der Waals surface area contributed by atoms with Crippen molar-refractivity contribution >= 4 is 303 Å². The fourth-order valence-corrected chi connectivity index (χ4v) is 13.2. The van der Waals surface area contributed by atoms with Gasteiger partial charge in [-0.05, 0) is 114 Å². The normalized spacial score (nSPS) is 20.3. The standard InChI is InChI=1S/C13H14BBrN6O2S.C13H14BBrN4OS.C12H27P.7K.H/c1-13(9-5-7(15)6-24-9)8(3-4-17-20-16)10(22)21(2)12(19-13)18-11(14)23;1-13(9-5-7(15)6-21-9)8-3-4-16-10(8)19(2)12(18-13)17-11(14)20;1-4-7-10-13(11-8-5-2)12-9-6-3;;;;;;;;/h5-6,8H,3-4H2,1-2H3,(H,18,19,23);5-6,8H,3-4H2,1-2H3,(H,17,18,20);4-12H2,1-3H3;;;;;;;;/q;;;;;;;;;+1;-1/t8-,13-;8?,13-;;;;;;;;;/m00........./s1. The molecule has 2 aromatic rings. The third-order valence-electron chi connectivity index (χ3n) is 10.3. The first-order chi connectivity index (χ1) is 30.6. The van der Waals surface area contributed by atoms with E-state index in [1.54, 1.807) is 29.8 Å². The SMILES string of the molecule is CCCCP(CCCC)CCCC.[B]C(=O)NC1=N[C@](C)(c2cc(Br)cs2)C2CCN=C2N1C.[B]C(=O)NC1=N[C@](C)(c2cc(Br)cs2)[C@@H](CCN=[N+]=[N-])C(=O)N1C.[H-].[K+].[K][K].[K][K].[K][K]. The fourth-order valence-electron chi connectivity index (χ4n) is 7.02. The van der Waals surface area contributed by atoms with Gasteiger partial charge in [0.25, 0.3) is 0 Å². The zero-order valence-electron chi connectivity index (χ0n) is 42.6. The summed E-state index contributed by atoms with van der Waals surface area (Å²) in [5.74, 6) is -0.452. The maximum absolute atomic E-state index is 12.8. The first-order valence-electron chi connectivity index (χ1n) is 22.7. The van der Waals surface area contributed by atoms with Gasteiger partial charge in [0.1, 0.15) is 16.9 Å². The van der Waals surface area contributed by atoms with E-state index in [2.05, 4.69) is 96.3 Å². The molecule has 320 valence electrons. The predicted octanol–water partition coefficient (Wildman–Crippen LogP) is 4.77. The molecule has 13 nitrogen and oxygen atoms in total. The number of nitrogens with zero attached hydrogens (tertiary/aromatic N) is 8. The van der Waals surface area contributed by atoms with Crippen molar-refractivity contribution in [2.45, 2.75) is 97.1 Å². The summed E-state index contributed by atoms with van der Waals surface area (Å²) in [6.07, 6.45) is 14.5. The van der Waals surface area contributed by atoms with Crippen LogP contribution >= 0.6 is 62.5 Å². The van der Waals surface area contributed by atoms with Crippen molar-refractivity contribution in [2.75, 3.05) is 45.7 Å². The number of hydrogen-bond donors (Lipinski definition) is 2. The molecule has 4 atom stereocenters. The number of amides is 3. The van der Waals surface area contributed by atoms with Crippen LogP contribution in [0.1, 0.15) is 97.2 Å². The van der Waals surface area contributed by atoms with Crippen LogP contribution in [0.5, 0.6) is 0 Å². The molecule has 2 N–H and O–H groups in total. The number of azide groups is 1. The first kappa shape index (κ1) is 76.0. The molecule has 5 rings (SSSR count). The zero-order valence-corrected chi connectivity index (χ0v) is 69.2. The number of aliphatic imine (C=N–C) groups is 3. The summed E-state index contributed by atoms with van der Waals surface area (Å²) in [5, 5.41) is 12.4. The van der Waals surface area contributed by atoms with Crippen molar-refractivity contribution < 1.29 is 67.2 Å². The molecule has 65 heavy (non-hydrogen) atoms. The average Bonchev–Trinajstić information content (AvgIpc) is 4.08. The monoisotopic (exact) mass is 1250 g/mol. The summed E-state index contributed by atoms with van der Waals surface area (Å²) in [6, 6.07) is 3.96. The van der Waals surface area contributed by atoms with Gasteiger partial charge < -0.3 is 17.0 Å². The summed E-state index contributed by atoms with van der Waals surface area (Å²) in [4.78, 5) is 57.0. The number of halogens is 2. The van der Waals surface area contributed by atoms with Gasteiger partial charge in [0.15, 0.2) is 11.6 Å². The Bertz CT molecular complexity index is 1880. The molecule has 2 aromatic heterocycles. The van der Waals surface area contributed by atoms with E-state index in [9.17, 15) is 14.4 Å². The molecule has 0 fully saturated rings. The van der Waals surface area contributed by atoms with E-state index in [1.807, 2.05) is 35.7 Å².